The molecular formula is C20H26N3O2S+. The van der Waals surface area contributed by atoms with Crippen molar-refractivity contribution in [1.82, 2.24) is 5.32 Å². The number of thiocarbonyl (C=S) groups is 1. The molecule has 2 aromatic carbocycles. The van der Waals surface area contributed by atoms with E-state index >= 15 is 0 Å². The Kier molecular flexibility index (Phi) is 7.12. The molecule has 0 heterocycles. The summed E-state index contributed by atoms with van der Waals surface area (Å²) < 4.78 is 5.49. The van der Waals surface area contributed by atoms with E-state index in [-0.39, 0.29) is 11.8 Å². The Labute approximate surface area is 160 Å². The summed E-state index contributed by atoms with van der Waals surface area (Å²) in [5.41, 5.74) is 2.66. The second kappa shape index (κ2) is 9.31. The summed E-state index contributed by atoms with van der Waals surface area (Å²) in [4.78, 5) is 12.6. The molecule has 0 aliphatic carbocycles. The SMILES string of the molecule is COc1ccccc1[C@H](CNC(=S)Nc1ccc(C(C)=O)cc1)[NH+](C)C. The Morgan fingerprint density at radius 1 is 1.15 bits per heavy atom. The van der Waals surface area contributed by atoms with Crippen molar-refractivity contribution >= 4 is 28.8 Å². The molecular weight excluding hydrogens is 346 g/mol. The minimum absolute atomic E-state index is 0.0471. The van der Waals surface area contributed by atoms with Gasteiger partial charge in [0, 0.05) is 11.3 Å². The zero-order valence-corrected chi connectivity index (χ0v) is 16.4. The van der Waals surface area contributed by atoms with Crippen molar-refractivity contribution in [3.05, 3.63) is 59.7 Å². The molecule has 0 fully saturated rings. The average molecular weight is 373 g/mol. The van der Waals surface area contributed by atoms with Crippen LogP contribution in [0.4, 0.5) is 5.69 Å². The van der Waals surface area contributed by atoms with Crippen molar-refractivity contribution < 1.29 is 14.4 Å². The topological polar surface area (TPSA) is 54.8 Å². The molecule has 5 nitrogen and oxygen atoms in total. The maximum absolute atomic E-state index is 11.3. The van der Waals surface area contributed by atoms with E-state index in [0.29, 0.717) is 17.2 Å². The maximum atomic E-state index is 11.3. The Bertz CT molecular complexity index is 760. The van der Waals surface area contributed by atoms with Gasteiger partial charge in [-0.1, -0.05) is 12.1 Å². The highest BCUT2D eigenvalue weighted by Crippen LogP contribution is 2.22. The zero-order valence-electron chi connectivity index (χ0n) is 15.6. The fraction of sp³-hybridized carbons (Fsp3) is 0.300. The number of rotatable bonds is 7. The summed E-state index contributed by atoms with van der Waals surface area (Å²) in [6.07, 6.45) is 0. The summed E-state index contributed by atoms with van der Waals surface area (Å²) in [5.74, 6) is 0.921. The lowest BCUT2D eigenvalue weighted by Gasteiger charge is -2.24. The molecule has 6 heteroatoms. The zero-order chi connectivity index (χ0) is 19.1. The normalized spacial score (nSPS) is 11.7. The molecule has 2 rings (SSSR count). The van der Waals surface area contributed by atoms with Crippen LogP contribution < -0.4 is 20.3 Å². The molecule has 3 N–H and O–H groups in total. The van der Waals surface area contributed by atoms with Crippen molar-refractivity contribution in [2.45, 2.75) is 13.0 Å². The number of benzene rings is 2. The quantitative estimate of drug-likeness (QED) is 0.513. The Hall–Kier alpha value is -2.44. The first-order chi connectivity index (χ1) is 12.4. The second-order valence-corrected chi connectivity index (χ2v) is 6.75. The number of methoxy groups -OCH3 is 1. The third-order valence-corrected chi connectivity index (χ3v) is 4.47. The molecule has 0 aliphatic rings. The van der Waals surface area contributed by atoms with Crippen LogP contribution in [-0.2, 0) is 0 Å². The molecule has 138 valence electrons. The van der Waals surface area contributed by atoms with E-state index in [4.69, 9.17) is 17.0 Å². The van der Waals surface area contributed by atoms with Gasteiger partial charge in [-0.2, -0.15) is 0 Å². The average Bonchev–Trinajstić information content (AvgIpc) is 2.62. The number of quaternary nitrogens is 1. The molecule has 26 heavy (non-hydrogen) atoms. The monoisotopic (exact) mass is 372 g/mol. The van der Waals surface area contributed by atoms with E-state index in [1.54, 1.807) is 26.2 Å². The lowest BCUT2D eigenvalue weighted by Crippen LogP contribution is -3.07. The van der Waals surface area contributed by atoms with E-state index in [0.717, 1.165) is 17.0 Å². The summed E-state index contributed by atoms with van der Waals surface area (Å²) >= 11 is 5.41. The van der Waals surface area contributed by atoms with Crippen LogP contribution in [0.5, 0.6) is 5.75 Å². The molecule has 0 aromatic heterocycles. The first-order valence-electron chi connectivity index (χ1n) is 8.51. The van der Waals surface area contributed by atoms with Crippen LogP contribution in [0, 0.1) is 0 Å². The van der Waals surface area contributed by atoms with E-state index in [1.165, 1.54) is 4.90 Å². The van der Waals surface area contributed by atoms with Crippen LogP contribution >= 0.6 is 12.2 Å². The number of para-hydroxylation sites is 1. The molecule has 0 saturated heterocycles. The summed E-state index contributed by atoms with van der Waals surface area (Å²) in [6.45, 7) is 2.22. The number of ketones is 1. The Balaban J connectivity index is 2.00. The van der Waals surface area contributed by atoms with Crippen molar-refractivity contribution in [3.63, 3.8) is 0 Å². The highest BCUT2D eigenvalue weighted by Gasteiger charge is 2.21. The number of hydrogen-bond donors (Lipinski definition) is 3. The number of anilines is 1. The van der Waals surface area contributed by atoms with Gasteiger partial charge in [0.1, 0.15) is 11.8 Å². The first-order valence-corrected chi connectivity index (χ1v) is 8.92. The molecule has 0 bridgehead atoms. The summed E-state index contributed by atoms with van der Waals surface area (Å²) in [5, 5.41) is 6.97. The van der Waals surface area contributed by atoms with Crippen LogP contribution in [0.2, 0.25) is 0 Å². The summed E-state index contributed by atoms with van der Waals surface area (Å²) in [7, 11) is 5.90. The highest BCUT2D eigenvalue weighted by atomic mass is 32.1. The van der Waals surface area contributed by atoms with Gasteiger partial charge in [-0.05, 0) is 55.5 Å². The minimum atomic E-state index is 0.0471. The van der Waals surface area contributed by atoms with Gasteiger partial charge >= 0.3 is 0 Å². The molecule has 0 spiro atoms. The lowest BCUT2D eigenvalue weighted by molar-refractivity contribution is -0.890. The van der Waals surface area contributed by atoms with Gasteiger partial charge < -0.3 is 20.3 Å². The standard InChI is InChI=1S/C20H25N3O2S/c1-14(24)15-9-11-16(12-10-15)22-20(26)21-13-18(23(2)3)17-7-5-6-8-19(17)25-4/h5-12,18H,13H2,1-4H3,(H2,21,22,26)/p+1/t18-/m0/s1. The highest BCUT2D eigenvalue weighted by molar-refractivity contribution is 7.80. The van der Waals surface area contributed by atoms with E-state index in [9.17, 15) is 4.79 Å². The van der Waals surface area contributed by atoms with Gasteiger partial charge in [-0.3, -0.25) is 4.79 Å². The summed E-state index contributed by atoms with van der Waals surface area (Å²) in [6, 6.07) is 15.5. The van der Waals surface area contributed by atoms with E-state index in [1.807, 2.05) is 30.3 Å². The van der Waals surface area contributed by atoms with Crippen LogP contribution in [0.15, 0.2) is 48.5 Å². The number of ether oxygens (including phenoxy) is 1. The molecule has 0 aliphatic heterocycles. The molecule has 0 radical (unpaired) electrons. The van der Waals surface area contributed by atoms with Crippen molar-refractivity contribution in [2.24, 2.45) is 0 Å². The van der Waals surface area contributed by atoms with E-state index < -0.39 is 0 Å². The first kappa shape index (κ1) is 19.9. The predicted molar refractivity (Wildman–Crippen MR) is 109 cm³/mol. The van der Waals surface area contributed by atoms with Crippen molar-refractivity contribution in [2.75, 3.05) is 33.1 Å². The number of carbonyl (C=O) groups is 1. The number of Topliss-reactive ketones (excluding diaryl/α,β-unsaturated/α-hetero) is 1. The predicted octanol–water partition coefficient (Wildman–Crippen LogP) is 2.07. The number of likely N-dealkylation sites (N-methyl/N-ethyl adjacent to an activating group) is 1. The van der Waals surface area contributed by atoms with Crippen molar-refractivity contribution in [1.29, 1.82) is 0 Å². The Morgan fingerprint density at radius 3 is 2.38 bits per heavy atom. The van der Waals surface area contributed by atoms with Gasteiger partial charge in [-0.15, -0.1) is 0 Å². The van der Waals surface area contributed by atoms with Crippen LogP contribution in [0.25, 0.3) is 0 Å². The van der Waals surface area contributed by atoms with Gasteiger partial charge in [0.05, 0.1) is 33.3 Å². The second-order valence-electron chi connectivity index (χ2n) is 6.34. The molecule has 0 amide bonds. The molecule has 0 unspecified atom stereocenters. The fourth-order valence-electron chi connectivity index (χ4n) is 2.74. The smallest absolute Gasteiger partial charge is 0.171 e. The minimum Gasteiger partial charge on any atom is -0.496 e. The lowest BCUT2D eigenvalue weighted by atomic mass is 10.0. The van der Waals surface area contributed by atoms with Gasteiger partial charge in [0.2, 0.25) is 0 Å². The maximum Gasteiger partial charge on any atom is 0.171 e. The number of carbonyl (C=O) groups excluding carboxylic acids is 1. The van der Waals surface area contributed by atoms with Gasteiger partial charge in [0.25, 0.3) is 0 Å². The fourth-order valence-corrected chi connectivity index (χ4v) is 2.94. The van der Waals surface area contributed by atoms with Crippen molar-refractivity contribution in [3.8, 4) is 5.75 Å². The van der Waals surface area contributed by atoms with Crippen LogP contribution in [0.1, 0.15) is 28.9 Å². The number of nitrogens with one attached hydrogen (secondary N) is 3. The third-order valence-electron chi connectivity index (χ3n) is 4.23. The molecule has 0 saturated carbocycles. The number of hydrogen-bond acceptors (Lipinski definition) is 3. The van der Waals surface area contributed by atoms with Gasteiger partial charge in [-0.25, -0.2) is 0 Å². The van der Waals surface area contributed by atoms with Crippen LogP contribution in [-0.4, -0.2) is 38.6 Å². The Morgan fingerprint density at radius 2 is 1.81 bits per heavy atom. The largest absolute Gasteiger partial charge is 0.496 e. The van der Waals surface area contributed by atoms with E-state index in [2.05, 4.69) is 30.8 Å². The molecule has 2 aromatic rings. The van der Waals surface area contributed by atoms with Crippen LogP contribution in [0.3, 0.4) is 0 Å². The van der Waals surface area contributed by atoms with Gasteiger partial charge in [0.15, 0.2) is 10.9 Å². The third kappa shape index (κ3) is 5.28. The molecule has 1 atom stereocenters.